The van der Waals surface area contributed by atoms with E-state index in [1.807, 2.05) is 30.3 Å². The van der Waals surface area contributed by atoms with Crippen LogP contribution in [0.15, 0.2) is 30.3 Å². The number of aliphatic hydroxyl groups is 1. The monoisotopic (exact) mass is 200 g/mol. The van der Waals surface area contributed by atoms with Crippen molar-refractivity contribution < 1.29 is 9.84 Å². The van der Waals surface area contributed by atoms with E-state index in [1.54, 1.807) is 0 Å². The third kappa shape index (κ3) is 3.77. The molecule has 0 amide bonds. The Morgan fingerprint density at radius 2 is 2.00 bits per heavy atom. The number of ether oxygens (including phenoxy) is 1. The molecule has 0 spiro atoms. The summed E-state index contributed by atoms with van der Waals surface area (Å²) in [5.41, 5.74) is 0.775. The summed E-state index contributed by atoms with van der Waals surface area (Å²) in [6.45, 7) is 0.486. The molecule has 72 valence electrons. The van der Waals surface area contributed by atoms with E-state index in [2.05, 4.69) is 0 Å². The topological polar surface area (TPSA) is 29.5 Å². The fourth-order valence-corrected chi connectivity index (χ4v) is 1.07. The van der Waals surface area contributed by atoms with Gasteiger partial charge in [0.25, 0.3) is 0 Å². The van der Waals surface area contributed by atoms with Gasteiger partial charge in [-0.3, -0.25) is 0 Å². The lowest BCUT2D eigenvalue weighted by atomic mass is 10.2. The molecule has 0 saturated carbocycles. The first-order valence-electron chi connectivity index (χ1n) is 4.25. The molecule has 0 aliphatic carbocycles. The van der Waals surface area contributed by atoms with Crippen LogP contribution < -0.4 is 0 Å². The first-order valence-corrected chi connectivity index (χ1v) is 4.78. The van der Waals surface area contributed by atoms with E-state index in [0.717, 1.165) is 12.0 Å². The number of alkyl halides is 1. The van der Waals surface area contributed by atoms with E-state index in [9.17, 15) is 5.11 Å². The molecule has 0 aliphatic rings. The minimum absolute atomic E-state index is 0.486. The summed E-state index contributed by atoms with van der Waals surface area (Å²) in [6, 6.07) is 9.28. The van der Waals surface area contributed by atoms with Crippen LogP contribution in [-0.2, 0) is 4.74 Å². The van der Waals surface area contributed by atoms with Gasteiger partial charge < -0.3 is 9.84 Å². The summed E-state index contributed by atoms with van der Waals surface area (Å²) in [5.74, 6) is 0.557. The number of hydrogen-bond acceptors (Lipinski definition) is 2. The van der Waals surface area contributed by atoms with Gasteiger partial charge in [-0.15, -0.1) is 11.6 Å². The summed E-state index contributed by atoms with van der Waals surface area (Å²) in [6.07, 6.45) is -0.0738. The summed E-state index contributed by atoms with van der Waals surface area (Å²) in [4.78, 5) is 0. The van der Waals surface area contributed by atoms with E-state index >= 15 is 0 Å². The smallest absolute Gasteiger partial charge is 0.181 e. The van der Waals surface area contributed by atoms with Crippen molar-refractivity contribution in [3.05, 3.63) is 35.9 Å². The minimum Gasteiger partial charge on any atom is -0.364 e. The van der Waals surface area contributed by atoms with Crippen LogP contribution >= 0.6 is 11.6 Å². The number of hydrogen-bond donors (Lipinski definition) is 1. The molecule has 2 nitrogen and oxygen atoms in total. The third-order valence-corrected chi connectivity index (χ3v) is 1.91. The zero-order valence-electron chi connectivity index (χ0n) is 7.32. The summed E-state index contributed by atoms with van der Waals surface area (Å²) >= 11 is 5.47. The molecule has 0 radical (unpaired) electrons. The lowest BCUT2D eigenvalue weighted by molar-refractivity contribution is -0.102. The average Bonchev–Trinajstić information content (AvgIpc) is 2.19. The fraction of sp³-hybridized carbons (Fsp3) is 0.400. The number of aliphatic hydroxyl groups excluding tert-OH is 1. The highest BCUT2D eigenvalue weighted by Gasteiger charge is 2.05. The van der Waals surface area contributed by atoms with Crippen molar-refractivity contribution in [2.75, 3.05) is 12.5 Å². The van der Waals surface area contributed by atoms with Crippen LogP contribution in [-0.4, -0.2) is 17.6 Å². The van der Waals surface area contributed by atoms with Crippen molar-refractivity contribution in [2.24, 2.45) is 0 Å². The van der Waals surface area contributed by atoms with Crippen molar-refractivity contribution in [1.82, 2.24) is 0 Å². The summed E-state index contributed by atoms with van der Waals surface area (Å²) < 4.78 is 5.14. The molecule has 13 heavy (non-hydrogen) atoms. The van der Waals surface area contributed by atoms with Crippen molar-refractivity contribution in [1.29, 1.82) is 0 Å². The molecule has 1 rings (SSSR count). The molecule has 0 saturated heterocycles. The third-order valence-electron chi connectivity index (χ3n) is 1.64. The minimum atomic E-state index is -0.829. The maximum Gasteiger partial charge on any atom is 0.181 e. The van der Waals surface area contributed by atoms with E-state index in [1.165, 1.54) is 0 Å². The predicted molar refractivity (Wildman–Crippen MR) is 52.7 cm³/mol. The lowest BCUT2D eigenvalue weighted by Crippen LogP contribution is -2.04. The number of halogens is 1. The quantitative estimate of drug-likeness (QED) is 0.449. The molecule has 0 fully saturated rings. The first kappa shape index (κ1) is 10.5. The molecule has 1 unspecified atom stereocenters. The molecule has 1 aromatic rings. The van der Waals surface area contributed by atoms with Gasteiger partial charge in [-0.2, -0.15) is 0 Å². The normalized spacial score (nSPS) is 12.8. The Labute approximate surface area is 83.1 Å². The zero-order chi connectivity index (χ0) is 9.52. The van der Waals surface area contributed by atoms with Crippen LogP contribution in [0, 0.1) is 0 Å². The molecule has 0 heterocycles. The van der Waals surface area contributed by atoms with E-state index in [0.29, 0.717) is 12.5 Å². The summed E-state index contributed by atoms with van der Waals surface area (Å²) in [7, 11) is 0. The first-order chi connectivity index (χ1) is 6.34. The van der Waals surface area contributed by atoms with E-state index in [-0.39, 0.29) is 0 Å². The average molecular weight is 201 g/mol. The highest BCUT2D eigenvalue weighted by molar-refractivity contribution is 6.17. The van der Waals surface area contributed by atoms with Crippen LogP contribution in [0.3, 0.4) is 0 Å². The van der Waals surface area contributed by atoms with Crippen molar-refractivity contribution >= 4 is 11.6 Å². The summed E-state index contributed by atoms with van der Waals surface area (Å²) in [5, 5.41) is 9.48. The number of benzene rings is 1. The lowest BCUT2D eigenvalue weighted by Gasteiger charge is -2.11. The van der Waals surface area contributed by atoms with Crippen molar-refractivity contribution in [3.8, 4) is 0 Å². The Bertz CT molecular complexity index is 226. The highest BCUT2D eigenvalue weighted by Crippen LogP contribution is 2.13. The van der Waals surface area contributed by atoms with Crippen LogP contribution in [0.25, 0.3) is 0 Å². The number of rotatable bonds is 5. The van der Waals surface area contributed by atoms with Gasteiger partial charge in [-0.25, -0.2) is 0 Å². The molecule has 3 heteroatoms. The SMILES string of the molecule is OC(OCCCCl)c1ccccc1. The second-order valence-electron chi connectivity index (χ2n) is 2.68. The molecule has 0 aromatic heterocycles. The standard InChI is InChI=1S/C10H13ClO2/c11-7-4-8-13-10(12)9-5-2-1-3-6-9/h1-3,5-6,10,12H,4,7-8H2. The van der Waals surface area contributed by atoms with Gasteiger partial charge in [0.05, 0.1) is 6.61 Å². The fourth-order valence-electron chi connectivity index (χ4n) is 0.963. The molecular weight excluding hydrogens is 188 g/mol. The van der Waals surface area contributed by atoms with Crippen molar-refractivity contribution in [3.63, 3.8) is 0 Å². The molecular formula is C10H13ClO2. The van der Waals surface area contributed by atoms with Gasteiger partial charge in [0.15, 0.2) is 6.29 Å². The van der Waals surface area contributed by atoms with Gasteiger partial charge in [0, 0.05) is 11.4 Å². The molecule has 0 aliphatic heterocycles. The molecule has 1 atom stereocenters. The van der Waals surface area contributed by atoms with E-state index < -0.39 is 6.29 Å². The largest absolute Gasteiger partial charge is 0.364 e. The van der Waals surface area contributed by atoms with Gasteiger partial charge in [-0.05, 0) is 6.42 Å². The van der Waals surface area contributed by atoms with Crippen molar-refractivity contribution in [2.45, 2.75) is 12.7 Å². The Morgan fingerprint density at radius 1 is 1.31 bits per heavy atom. The zero-order valence-corrected chi connectivity index (χ0v) is 8.07. The Balaban J connectivity index is 2.35. The van der Waals surface area contributed by atoms with E-state index in [4.69, 9.17) is 16.3 Å². The Morgan fingerprint density at radius 3 is 2.62 bits per heavy atom. The molecule has 1 aromatic carbocycles. The second kappa shape index (κ2) is 5.97. The van der Waals surface area contributed by atoms with Crippen LogP contribution in [0.2, 0.25) is 0 Å². The molecule has 1 N–H and O–H groups in total. The maximum atomic E-state index is 9.48. The van der Waals surface area contributed by atoms with Gasteiger partial charge in [-0.1, -0.05) is 30.3 Å². The van der Waals surface area contributed by atoms with Gasteiger partial charge >= 0.3 is 0 Å². The predicted octanol–water partition coefficient (Wildman–Crippen LogP) is 2.32. The van der Waals surface area contributed by atoms with Crippen LogP contribution in [0.4, 0.5) is 0 Å². The molecule has 0 bridgehead atoms. The Kier molecular flexibility index (Phi) is 4.83. The Hall–Kier alpha value is -0.570. The highest BCUT2D eigenvalue weighted by atomic mass is 35.5. The van der Waals surface area contributed by atoms with Gasteiger partial charge in [0.1, 0.15) is 0 Å². The van der Waals surface area contributed by atoms with Crippen LogP contribution in [0.5, 0.6) is 0 Å². The van der Waals surface area contributed by atoms with Crippen LogP contribution in [0.1, 0.15) is 18.3 Å². The second-order valence-corrected chi connectivity index (χ2v) is 3.05. The maximum absolute atomic E-state index is 9.48. The van der Waals surface area contributed by atoms with Gasteiger partial charge in [0.2, 0.25) is 0 Å².